The van der Waals surface area contributed by atoms with Crippen molar-refractivity contribution in [2.24, 2.45) is 0 Å². The first kappa shape index (κ1) is 21.1. The molecule has 3 rings (SSSR count). The summed E-state index contributed by atoms with van der Waals surface area (Å²) in [5.41, 5.74) is 2.04. The van der Waals surface area contributed by atoms with Gasteiger partial charge in [-0.2, -0.15) is 0 Å². The first-order valence-corrected chi connectivity index (χ1v) is 10.7. The third-order valence-corrected chi connectivity index (χ3v) is 5.61. The second-order valence-corrected chi connectivity index (χ2v) is 7.77. The number of allylic oxidation sites excluding steroid dienone is 1. The number of amides is 1. The molecule has 150 valence electrons. The Morgan fingerprint density at radius 3 is 2.55 bits per heavy atom. The van der Waals surface area contributed by atoms with Crippen LogP contribution in [0.3, 0.4) is 0 Å². The summed E-state index contributed by atoms with van der Waals surface area (Å²) in [5.74, 6) is 1.10. The predicted molar refractivity (Wildman–Crippen MR) is 119 cm³/mol. The van der Waals surface area contributed by atoms with E-state index in [0.29, 0.717) is 35.6 Å². The molecule has 2 aromatic carbocycles. The first-order chi connectivity index (χ1) is 14.1. The maximum Gasteiger partial charge on any atom is 0.233 e. The van der Waals surface area contributed by atoms with Gasteiger partial charge in [0.2, 0.25) is 5.91 Å². The minimum Gasteiger partial charge on any atom is -0.338 e. The van der Waals surface area contributed by atoms with Crippen molar-refractivity contribution in [3.63, 3.8) is 0 Å². The standard InChI is InChI=1S/C22H23ClN4OS/c1-3-14-27-21(18-10-12-19(23)13-11-18)24-25-22(27)29-16-20(28)26(4-2)15-17-8-6-5-7-9-17/h3,5-13H,1,4,14-16H2,2H3. The van der Waals surface area contributed by atoms with Gasteiger partial charge in [0.1, 0.15) is 0 Å². The van der Waals surface area contributed by atoms with E-state index in [9.17, 15) is 4.79 Å². The van der Waals surface area contributed by atoms with Gasteiger partial charge in [-0.3, -0.25) is 9.36 Å². The molecule has 0 atom stereocenters. The summed E-state index contributed by atoms with van der Waals surface area (Å²) in [6, 6.07) is 17.5. The van der Waals surface area contributed by atoms with E-state index < -0.39 is 0 Å². The van der Waals surface area contributed by atoms with Crippen molar-refractivity contribution in [1.82, 2.24) is 19.7 Å². The van der Waals surface area contributed by atoms with E-state index in [1.165, 1.54) is 11.8 Å². The number of rotatable bonds is 9. The summed E-state index contributed by atoms with van der Waals surface area (Å²) in [4.78, 5) is 14.6. The van der Waals surface area contributed by atoms with Crippen molar-refractivity contribution in [3.8, 4) is 11.4 Å². The van der Waals surface area contributed by atoms with Crippen LogP contribution in [0.25, 0.3) is 11.4 Å². The van der Waals surface area contributed by atoms with Crippen LogP contribution < -0.4 is 0 Å². The largest absolute Gasteiger partial charge is 0.338 e. The summed E-state index contributed by atoms with van der Waals surface area (Å²) in [7, 11) is 0. The van der Waals surface area contributed by atoms with Gasteiger partial charge in [-0.05, 0) is 36.8 Å². The normalized spacial score (nSPS) is 10.7. The first-order valence-electron chi connectivity index (χ1n) is 9.37. The number of hydrogen-bond acceptors (Lipinski definition) is 4. The molecule has 0 aliphatic rings. The summed E-state index contributed by atoms with van der Waals surface area (Å²) in [6.07, 6.45) is 1.79. The number of benzene rings is 2. The molecule has 0 saturated carbocycles. The highest BCUT2D eigenvalue weighted by Gasteiger charge is 2.17. The van der Waals surface area contributed by atoms with Gasteiger partial charge in [0, 0.05) is 30.2 Å². The fourth-order valence-electron chi connectivity index (χ4n) is 2.90. The lowest BCUT2D eigenvalue weighted by Crippen LogP contribution is -2.31. The van der Waals surface area contributed by atoms with Crippen LogP contribution in [-0.2, 0) is 17.9 Å². The number of thioether (sulfide) groups is 1. The third-order valence-electron chi connectivity index (χ3n) is 4.41. The van der Waals surface area contributed by atoms with Gasteiger partial charge in [-0.1, -0.05) is 59.8 Å². The number of halogens is 1. The Kier molecular flexibility index (Phi) is 7.49. The molecule has 1 aromatic heterocycles. The van der Waals surface area contributed by atoms with Gasteiger partial charge in [-0.15, -0.1) is 16.8 Å². The Hall–Kier alpha value is -2.57. The molecule has 5 nitrogen and oxygen atoms in total. The highest BCUT2D eigenvalue weighted by molar-refractivity contribution is 7.99. The molecule has 0 bridgehead atoms. The SMILES string of the molecule is C=CCn1c(SCC(=O)N(CC)Cc2ccccc2)nnc1-c1ccc(Cl)cc1. The van der Waals surface area contributed by atoms with Crippen LogP contribution in [0.15, 0.2) is 72.4 Å². The van der Waals surface area contributed by atoms with Crippen LogP contribution in [0, 0.1) is 0 Å². The second-order valence-electron chi connectivity index (χ2n) is 6.39. The van der Waals surface area contributed by atoms with Gasteiger partial charge < -0.3 is 4.90 Å². The highest BCUT2D eigenvalue weighted by atomic mass is 35.5. The summed E-state index contributed by atoms with van der Waals surface area (Å²) < 4.78 is 1.96. The minimum absolute atomic E-state index is 0.0718. The summed E-state index contributed by atoms with van der Waals surface area (Å²) >= 11 is 7.38. The van der Waals surface area contributed by atoms with Gasteiger partial charge in [0.05, 0.1) is 5.75 Å². The Morgan fingerprint density at radius 1 is 1.17 bits per heavy atom. The average Bonchev–Trinajstić information content (AvgIpc) is 3.14. The molecular weight excluding hydrogens is 404 g/mol. The lowest BCUT2D eigenvalue weighted by atomic mass is 10.2. The van der Waals surface area contributed by atoms with Crippen LogP contribution in [0.2, 0.25) is 5.02 Å². The lowest BCUT2D eigenvalue weighted by Gasteiger charge is -2.20. The van der Waals surface area contributed by atoms with Crippen molar-refractivity contribution < 1.29 is 4.79 Å². The summed E-state index contributed by atoms with van der Waals surface area (Å²) in [6.45, 7) is 7.64. The van der Waals surface area contributed by atoms with Gasteiger partial charge >= 0.3 is 0 Å². The molecular formula is C22H23ClN4OS. The molecule has 0 spiro atoms. The molecule has 0 radical (unpaired) electrons. The maximum absolute atomic E-state index is 12.7. The van der Waals surface area contributed by atoms with Gasteiger partial charge in [0.15, 0.2) is 11.0 Å². The number of carbonyl (C=O) groups is 1. The number of nitrogens with zero attached hydrogens (tertiary/aromatic N) is 4. The molecule has 0 unspecified atom stereocenters. The number of aromatic nitrogens is 3. The van der Waals surface area contributed by atoms with Crippen molar-refractivity contribution in [3.05, 3.63) is 77.8 Å². The molecule has 29 heavy (non-hydrogen) atoms. The smallest absolute Gasteiger partial charge is 0.233 e. The van der Waals surface area contributed by atoms with E-state index in [-0.39, 0.29) is 5.91 Å². The molecule has 1 heterocycles. The predicted octanol–water partition coefficient (Wildman–Crippen LogP) is 4.93. The molecule has 0 N–H and O–H groups in total. The zero-order chi connectivity index (χ0) is 20.6. The van der Waals surface area contributed by atoms with Crippen LogP contribution in [-0.4, -0.2) is 37.9 Å². The Morgan fingerprint density at radius 2 is 1.90 bits per heavy atom. The highest BCUT2D eigenvalue weighted by Crippen LogP contribution is 2.25. The number of hydrogen-bond donors (Lipinski definition) is 0. The topological polar surface area (TPSA) is 51.0 Å². The average molecular weight is 427 g/mol. The van der Waals surface area contributed by atoms with E-state index in [2.05, 4.69) is 16.8 Å². The van der Waals surface area contributed by atoms with Crippen LogP contribution in [0.4, 0.5) is 0 Å². The Labute approximate surface area is 180 Å². The Balaban J connectivity index is 1.71. The van der Waals surface area contributed by atoms with E-state index in [1.807, 2.05) is 71.0 Å². The molecule has 0 aliphatic heterocycles. The molecule has 3 aromatic rings. The zero-order valence-corrected chi connectivity index (χ0v) is 17.9. The quantitative estimate of drug-likeness (QED) is 0.359. The van der Waals surface area contributed by atoms with Gasteiger partial charge in [-0.25, -0.2) is 0 Å². The molecule has 1 amide bonds. The monoisotopic (exact) mass is 426 g/mol. The molecule has 0 fully saturated rings. The van der Waals surface area contributed by atoms with Crippen LogP contribution in [0.1, 0.15) is 12.5 Å². The van der Waals surface area contributed by atoms with Crippen molar-refractivity contribution in [2.75, 3.05) is 12.3 Å². The fourth-order valence-corrected chi connectivity index (χ4v) is 3.88. The van der Waals surface area contributed by atoms with E-state index >= 15 is 0 Å². The van der Waals surface area contributed by atoms with Gasteiger partial charge in [0.25, 0.3) is 0 Å². The van der Waals surface area contributed by atoms with Crippen LogP contribution >= 0.6 is 23.4 Å². The molecule has 0 aliphatic carbocycles. The fraction of sp³-hybridized carbons (Fsp3) is 0.227. The van der Waals surface area contributed by atoms with E-state index in [1.54, 1.807) is 6.08 Å². The Bertz CT molecular complexity index is 957. The second kappa shape index (κ2) is 10.3. The summed E-state index contributed by atoms with van der Waals surface area (Å²) in [5, 5.41) is 9.98. The maximum atomic E-state index is 12.7. The molecule has 7 heteroatoms. The van der Waals surface area contributed by atoms with Crippen molar-refractivity contribution >= 4 is 29.3 Å². The third kappa shape index (κ3) is 5.49. The zero-order valence-electron chi connectivity index (χ0n) is 16.3. The molecule has 0 saturated heterocycles. The van der Waals surface area contributed by atoms with E-state index in [4.69, 9.17) is 11.6 Å². The van der Waals surface area contributed by atoms with Crippen LogP contribution in [0.5, 0.6) is 0 Å². The lowest BCUT2D eigenvalue weighted by molar-refractivity contribution is -0.128. The number of carbonyl (C=O) groups excluding carboxylic acids is 1. The van der Waals surface area contributed by atoms with Crippen molar-refractivity contribution in [2.45, 2.75) is 25.2 Å². The van der Waals surface area contributed by atoms with Crippen molar-refractivity contribution in [1.29, 1.82) is 0 Å². The van der Waals surface area contributed by atoms with E-state index in [0.717, 1.165) is 17.0 Å². The minimum atomic E-state index is 0.0718.